The third-order valence-electron chi connectivity index (χ3n) is 4.75. The van der Waals surface area contributed by atoms with Gasteiger partial charge in [-0.25, -0.2) is 0 Å². The molecule has 3 heterocycles. The van der Waals surface area contributed by atoms with E-state index in [1.165, 1.54) is 0 Å². The largest absolute Gasteiger partial charge is 0.390 e. The molecule has 0 aliphatic carbocycles. The number of rotatable bonds is 3. The van der Waals surface area contributed by atoms with Crippen LogP contribution in [0.1, 0.15) is 50.7 Å². The Morgan fingerprint density at radius 2 is 2.05 bits per heavy atom. The van der Waals surface area contributed by atoms with Crippen molar-refractivity contribution >= 4 is 0 Å². The van der Waals surface area contributed by atoms with E-state index in [4.69, 9.17) is 9.26 Å². The summed E-state index contributed by atoms with van der Waals surface area (Å²) in [5.74, 6) is 1.60. The number of hydrogen-bond acceptors (Lipinski definition) is 7. The van der Waals surface area contributed by atoms with Crippen LogP contribution < -0.4 is 0 Å². The summed E-state index contributed by atoms with van der Waals surface area (Å²) < 4.78 is 11.1. The van der Waals surface area contributed by atoms with Crippen molar-refractivity contribution in [1.82, 2.24) is 15.0 Å². The number of ether oxygens (including phenoxy) is 1. The molecular formula is C15H25N3O4. The van der Waals surface area contributed by atoms with Crippen LogP contribution in [-0.2, 0) is 11.3 Å². The maximum atomic E-state index is 10.3. The lowest BCUT2D eigenvalue weighted by Gasteiger charge is -2.48. The van der Waals surface area contributed by atoms with Gasteiger partial charge in [0.15, 0.2) is 5.82 Å². The maximum absolute atomic E-state index is 10.3. The lowest BCUT2D eigenvalue weighted by Crippen LogP contribution is -2.59. The predicted molar refractivity (Wildman–Crippen MR) is 78.2 cm³/mol. The van der Waals surface area contributed by atoms with E-state index >= 15 is 0 Å². The Balaban J connectivity index is 1.57. The smallest absolute Gasteiger partial charge is 0.229 e. The number of aliphatic hydroxyl groups is 2. The molecule has 2 atom stereocenters. The van der Waals surface area contributed by atoms with Crippen LogP contribution in [0.4, 0.5) is 0 Å². The Bertz CT molecular complexity index is 497. The fraction of sp³-hybridized carbons (Fsp3) is 0.867. The second-order valence-corrected chi connectivity index (χ2v) is 6.69. The van der Waals surface area contributed by atoms with Crippen molar-refractivity contribution in [2.24, 2.45) is 0 Å². The first-order chi connectivity index (χ1) is 10.5. The van der Waals surface area contributed by atoms with Crippen molar-refractivity contribution in [1.29, 1.82) is 0 Å². The summed E-state index contributed by atoms with van der Waals surface area (Å²) in [6.45, 7) is 6.78. The molecule has 0 amide bonds. The van der Waals surface area contributed by atoms with Gasteiger partial charge in [0.2, 0.25) is 5.89 Å². The number of nitrogens with zero attached hydrogens (tertiary/aromatic N) is 3. The monoisotopic (exact) mass is 311 g/mol. The lowest BCUT2D eigenvalue weighted by atomic mass is 9.80. The van der Waals surface area contributed by atoms with Crippen molar-refractivity contribution in [2.45, 2.75) is 63.4 Å². The SMILES string of the molecule is CC(C)c1nc(CN2CCC3(CC2)OCC[C@H](O)[C@@H]3O)no1. The first-order valence-electron chi connectivity index (χ1n) is 8.05. The molecule has 124 valence electrons. The second kappa shape index (κ2) is 6.23. The van der Waals surface area contributed by atoms with E-state index in [1.54, 1.807) is 0 Å². The van der Waals surface area contributed by atoms with Crippen LogP contribution in [0.15, 0.2) is 4.52 Å². The molecule has 0 saturated carbocycles. The molecule has 2 aliphatic heterocycles. The van der Waals surface area contributed by atoms with Crippen molar-refractivity contribution in [2.75, 3.05) is 19.7 Å². The highest BCUT2D eigenvalue weighted by Gasteiger charge is 2.47. The quantitative estimate of drug-likeness (QED) is 0.847. The van der Waals surface area contributed by atoms with E-state index in [9.17, 15) is 10.2 Å². The van der Waals surface area contributed by atoms with Crippen LogP contribution in [0.3, 0.4) is 0 Å². The standard InChI is InChI=1S/C15H25N3O4/c1-10(2)14-16-12(17-22-14)9-18-6-4-15(5-7-18)13(20)11(19)3-8-21-15/h10-11,13,19-20H,3-9H2,1-2H3/t11-,13-/m0/s1. The number of aliphatic hydroxyl groups excluding tert-OH is 2. The van der Waals surface area contributed by atoms with Gasteiger partial charge in [-0.15, -0.1) is 0 Å². The van der Waals surface area contributed by atoms with E-state index in [2.05, 4.69) is 15.0 Å². The van der Waals surface area contributed by atoms with E-state index in [1.807, 2.05) is 13.8 Å². The van der Waals surface area contributed by atoms with Gasteiger partial charge in [0, 0.05) is 19.0 Å². The zero-order chi connectivity index (χ0) is 15.7. The zero-order valence-electron chi connectivity index (χ0n) is 13.2. The van der Waals surface area contributed by atoms with Crippen molar-refractivity contribution < 1.29 is 19.5 Å². The third kappa shape index (κ3) is 3.03. The highest BCUT2D eigenvalue weighted by Crippen LogP contribution is 2.35. The molecule has 1 aromatic heterocycles. The Kier molecular flexibility index (Phi) is 4.49. The molecule has 7 nitrogen and oxygen atoms in total. The summed E-state index contributed by atoms with van der Waals surface area (Å²) in [6.07, 6.45) is 0.459. The number of hydrogen-bond donors (Lipinski definition) is 2. The fourth-order valence-electron chi connectivity index (χ4n) is 3.27. The molecule has 22 heavy (non-hydrogen) atoms. The first kappa shape index (κ1) is 15.9. The molecule has 1 spiro atoms. The summed E-state index contributed by atoms with van der Waals surface area (Å²) >= 11 is 0. The van der Waals surface area contributed by atoms with Gasteiger partial charge >= 0.3 is 0 Å². The molecule has 1 aromatic rings. The Morgan fingerprint density at radius 1 is 1.32 bits per heavy atom. The van der Waals surface area contributed by atoms with E-state index < -0.39 is 17.8 Å². The number of likely N-dealkylation sites (tertiary alicyclic amines) is 1. The highest BCUT2D eigenvalue weighted by molar-refractivity contribution is 5.00. The van der Waals surface area contributed by atoms with Crippen molar-refractivity contribution in [3.63, 3.8) is 0 Å². The van der Waals surface area contributed by atoms with E-state index in [-0.39, 0.29) is 5.92 Å². The molecule has 0 bridgehead atoms. The number of piperidine rings is 1. The van der Waals surface area contributed by atoms with Crippen molar-refractivity contribution in [3.8, 4) is 0 Å². The molecular weight excluding hydrogens is 286 g/mol. The maximum Gasteiger partial charge on any atom is 0.229 e. The molecule has 0 unspecified atom stereocenters. The third-order valence-corrected chi connectivity index (χ3v) is 4.75. The Morgan fingerprint density at radius 3 is 2.68 bits per heavy atom. The van der Waals surface area contributed by atoms with Gasteiger partial charge in [-0.2, -0.15) is 4.98 Å². The Labute approximate surface area is 130 Å². The Hall–Kier alpha value is -1.02. The van der Waals surface area contributed by atoms with Gasteiger partial charge in [-0.1, -0.05) is 19.0 Å². The van der Waals surface area contributed by atoms with Gasteiger partial charge in [0.1, 0.15) is 6.10 Å². The second-order valence-electron chi connectivity index (χ2n) is 6.69. The van der Waals surface area contributed by atoms with Crippen LogP contribution in [0.2, 0.25) is 0 Å². The molecule has 2 saturated heterocycles. The van der Waals surface area contributed by atoms with Gasteiger partial charge < -0.3 is 19.5 Å². The summed E-state index contributed by atoms with van der Waals surface area (Å²) in [6, 6.07) is 0. The van der Waals surface area contributed by atoms with E-state index in [0.29, 0.717) is 44.1 Å². The minimum absolute atomic E-state index is 0.234. The zero-order valence-corrected chi connectivity index (χ0v) is 13.2. The molecule has 3 rings (SSSR count). The van der Waals surface area contributed by atoms with Crippen LogP contribution in [0, 0.1) is 0 Å². The molecule has 0 radical (unpaired) electrons. The first-order valence-corrected chi connectivity index (χ1v) is 8.05. The van der Waals surface area contributed by atoms with E-state index in [0.717, 1.165) is 13.1 Å². The number of aromatic nitrogens is 2. The average molecular weight is 311 g/mol. The minimum atomic E-state index is -0.791. The van der Waals surface area contributed by atoms with Crippen LogP contribution in [-0.4, -0.2) is 62.8 Å². The van der Waals surface area contributed by atoms with Crippen LogP contribution in [0.5, 0.6) is 0 Å². The normalized spacial score (nSPS) is 29.3. The molecule has 0 aromatic carbocycles. The molecule has 7 heteroatoms. The molecule has 2 aliphatic rings. The van der Waals surface area contributed by atoms with Gasteiger partial charge in [0.25, 0.3) is 0 Å². The summed E-state index contributed by atoms with van der Waals surface area (Å²) in [5.41, 5.74) is -0.589. The average Bonchev–Trinajstić information content (AvgIpc) is 2.96. The van der Waals surface area contributed by atoms with Gasteiger partial charge in [-0.3, -0.25) is 4.90 Å². The van der Waals surface area contributed by atoms with Crippen LogP contribution >= 0.6 is 0 Å². The lowest BCUT2D eigenvalue weighted by molar-refractivity contribution is -0.214. The topological polar surface area (TPSA) is 91.9 Å². The van der Waals surface area contributed by atoms with Gasteiger partial charge in [-0.05, 0) is 19.3 Å². The van der Waals surface area contributed by atoms with Crippen molar-refractivity contribution in [3.05, 3.63) is 11.7 Å². The summed E-state index contributed by atoms with van der Waals surface area (Å²) in [7, 11) is 0. The summed E-state index contributed by atoms with van der Waals surface area (Å²) in [4.78, 5) is 6.63. The minimum Gasteiger partial charge on any atom is -0.390 e. The summed E-state index contributed by atoms with van der Waals surface area (Å²) in [5, 5.41) is 24.1. The molecule has 2 fully saturated rings. The highest BCUT2D eigenvalue weighted by atomic mass is 16.5. The van der Waals surface area contributed by atoms with Crippen LogP contribution in [0.25, 0.3) is 0 Å². The van der Waals surface area contributed by atoms with Gasteiger partial charge in [0.05, 0.1) is 24.9 Å². The predicted octanol–water partition coefficient (Wildman–Crippen LogP) is 0.670. The fourth-order valence-corrected chi connectivity index (χ4v) is 3.27. The molecule has 2 N–H and O–H groups in total.